The Morgan fingerprint density at radius 2 is 2.15 bits per heavy atom. The summed E-state index contributed by atoms with van der Waals surface area (Å²) in [5, 5.41) is 16.9. The molecule has 108 valence electrons. The van der Waals surface area contributed by atoms with E-state index < -0.39 is 4.92 Å². The van der Waals surface area contributed by atoms with Crippen LogP contribution in [0.15, 0.2) is 18.2 Å². The number of nitrogens with one attached hydrogen (secondary N) is 2. The lowest BCUT2D eigenvalue weighted by molar-refractivity contribution is -0.384. The fraction of sp³-hybridized carbons (Fsp3) is 0.500. The number of para-hydroxylation sites is 1. The van der Waals surface area contributed by atoms with E-state index in [1.165, 1.54) is 12.1 Å². The molecular weight excluding hydrogens is 258 g/mol. The van der Waals surface area contributed by atoms with Gasteiger partial charge in [-0.25, -0.2) is 0 Å². The van der Waals surface area contributed by atoms with Crippen LogP contribution in [0.5, 0.6) is 0 Å². The fourth-order valence-electron chi connectivity index (χ4n) is 2.19. The molecule has 1 unspecified atom stereocenters. The quantitative estimate of drug-likeness (QED) is 0.640. The summed E-state index contributed by atoms with van der Waals surface area (Å²) in [6, 6.07) is 4.68. The molecule has 0 bridgehead atoms. The van der Waals surface area contributed by atoms with Gasteiger partial charge in [-0.2, -0.15) is 0 Å². The normalized spacial score (nSPS) is 19.2. The van der Waals surface area contributed by atoms with Crippen molar-refractivity contribution < 1.29 is 9.72 Å². The molecule has 6 nitrogen and oxygen atoms in total. The molecule has 1 aromatic carbocycles. The van der Waals surface area contributed by atoms with Gasteiger partial charge in [-0.1, -0.05) is 19.9 Å². The van der Waals surface area contributed by atoms with Gasteiger partial charge < -0.3 is 10.6 Å². The lowest BCUT2D eigenvalue weighted by Gasteiger charge is -2.12. The van der Waals surface area contributed by atoms with E-state index in [4.69, 9.17) is 0 Å². The van der Waals surface area contributed by atoms with Crippen LogP contribution in [0, 0.1) is 15.5 Å². The molecule has 1 aliphatic carbocycles. The highest BCUT2D eigenvalue weighted by atomic mass is 16.6. The van der Waals surface area contributed by atoms with Crippen LogP contribution in [0.25, 0.3) is 0 Å². The summed E-state index contributed by atoms with van der Waals surface area (Å²) >= 11 is 0. The molecule has 0 radical (unpaired) electrons. The number of carbonyl (C=O) groups is 1. The molecule has 20 heavy (non-hydrogen) atoms. The van der Waals surface area contributed by atoms with Crippen molar-refractivity contribution >= 4 is 17.3 Å². The number of hydrogen-bond donors (Lipinski definition) is 2. The zero-order valence-electron chi connectivity index (χ0n) is 11.9. The van der Waals surface area contributed by atoms with Crippen molar-refractivity contribution in [2.75, 3.05) is 11.9 Å². The first-order chi connectivity index (χ1) is 9.36. The molecule has 1 aromatic rings. The first-order valence-electron chi connectivity index (χ1n) is 6.69. The number of nitro benzene ring substituents is 1. The summed E-state index contributed by atoms with van der Waals surface area (Å²) in [6.45, 7) is 6.51. The third-order valence-corrected chi connectivity index (χ3v) is 3.66. The minimum atomic E-state index is -0.476. The second kappa shape index (κ2) is 5.11. The van der Waals surface area contributed by atoms with E-state index in [2.05, 4.69) is 24.5 Å². The van der Waals surface area contributed by atoms with Crippen LogP contribution in [0.4, 0.5) is 11.4 Å². The van der Waals surface area contributed by atoms with Crippen LogP contribution in [0.2, 0.25) is 0 Å². The largest absolute Gasteiger partial charge is 0.379 e. The van der Waals surface area contributed by atoms with Gasteiger partial charge in [0.2, 0.25) is 0 Å². The molecule has 1 atom stereocenters. The van der Waals surface area contributed by atoms with Crippen LogP contribution < -0.4 is 10.6 Å². The number of nitrogens with zero attached hydrogens (tertiary/aromatic N) is 1. The Labute approximate surface area is 117 Å². The number of benzene rings is 1. The minimum Gasteiger partial charge on any atom is -0.379 e. The lowest BCUT2D eigenvalue weighted by Crippen LogP contribution is -2.29. The van der Waals surface area contributed by atoms with Gasteiger partial charge in [-0.15, -0.1) is 0 Å². The molecule has 1 fully saturated rings. The van der Waals surface area contributed by atoms with Crippen LogP contribution >= 0.6 is 0 Å². The van der Waals surface area contributed by atoms with Gasteiger partial charge >= 0.3 is 0 Å². The van der Waals surface area contributed by atoms with Gasteiger partial charge in [-0.05, 0) is 24.8 Å². The zero-order valence-corrected chi connectivity index (χ0v) is 11.9. The number of carbonyl (C=O) groups excluding carboxylic acids is 1. The molecule has 0 spiro atoms. The zero-order chi connectivity index (χ0) is 14.9. The molecule has 6 heteroatoms. The topological polar surface area (TPSA) is 84.3 Å². The van der Waals surface area contributed by atoms with Gasteiger partial charge in [0.25, 0.3) is 11.6 Å². The van der Waals surface area contributed by atoms with Gasteiger partial charge in [0, 0.05) is 18.7 Å². The molecule has 2 N–H and O–H groups in total. The van der Waals surface area contributed by atoms with E-state index in [9.17, 15) is 14.9 Å². The number of hydrogen-bond acceptors (Lipinski definition) is 4. The number of nitro groups is 1. The highest BCUT2D eigenvalue weighted by Crippen LogP contribution is 2.44. The van der Waals surface area contributed by atoms with E-state index >= 15 is 0 Å². The average Bonchev–Trinajstić information content (AvgIpc) is 2.96. The summed E-state index contributed by atoms with van der Waals surface area (Å²) in [5.74, 6) is -0.264. The van der Waals surface area contributed by atoms with Crippen molar-refractivity contribution in [3.05, 3.63) is 33.9 Å². The first-order valence-corrected chi connectivity index (χ1v) is 6.69. The highest BCUT2D eigenvalue weighted by Gasteiger charge is 2.46. The molecule has 2 rings (SSSR count). The molecule has 1 aliphatic rings. The SMILES string of the molecule is CCNc1c(C(=O)NC2CC2(C)C)cccc1[N+](=O)[O-]. The summed E-state index contributed by atoms with van der Waals surface area (Å²) < 4.78 is 0. The molecule has 0 aromatic heterocycles. The summed E-state index contributed by atoms with van der Waals surface area (Å²) in [7, 11) is 0. The maximum Gasteiger partial charge on any atom is 0.293 e. The summed E-state index contributed by atoms with van der Waals surface area (Å²) in [4.78, 5) is 22.8. The van der Waals surface area contributed by atoms with Crippen LogP contribution in [-0.2, 0) is 0 Å². The summed E-state index contributed by atoms with van der Waals surface area (Å²) in [6.07, 6.45) is 0.935. The van der Waals surface area contributed by atoms with Crippen molar-refractivity contribution in [1.29, 1.82) is 0 Å². The minimum absolute atomic E-state index is 0.0745. The molecule has 0 saturated heterocycles. The third-order valence-electron chi connectivity index (χ3n) is 3.66. The van der Waals surface area contributed by atoms with Crippen molar-refractivity contribution in [3.8, 4) is 0 Å². The fourth-order valence-corrected chi connectivity index (χ4v) is 2.19. The predicted molar refractivity (Wildman–Crippen MR) is 76.9 cm³/mol. The lowest BCUT2D eigenvalue weighted by atomic mass is 10.1. The molecule has 0 aliphatic heterocycles. The Kier molecular flexibility index (Phi) is 3.65. The van der Waals surface area contributed by atoms with E-state index in [0.717, 1.165) is 6.42 Å². The number of amides is 1. The Bertz CT molecular complexity index is 555. The van der Waals surface area contributed by atoms with Crippen LogP contribution in [0.1, 0.15) is 37.6 Å². The Morgan fingerprint density at radius 1 is 1.50 bits per heavy atom. The number of anilines is 1. The molecular formula is C14H19N3O3. The van der Waals surface area contributed by atoms with Gasteiger partial charge in [0.1, 0.15) is 5.69 Å². The maximum atomic E-state index is 12.3. The van der Waals surface area contributed by atoms with Crippen molar-refractivity contribution in [3.63, 3.8) is 0 Å². The summed E-state index contributed by atoms with van der Waals surface area (Å²) in [5.41, 5.74) is 0.656. The van der Waals surface area contributed by atoms with Crippen molar-refractivity contribution in [2.45, 2.75) is 33.2 Å². The van der Waals surface area contributed by atoms with Gasteiger partial charge in [0.15, 0.2) is 0 Å². The Hall–Kier alpha value is -2.11. The van der Waals surface area contributed by atoms with Crippen LogP contribution in [-0.4, -0.2) is 23.4 Å². The average molecular weight is 277 g/mol. The van der Waals surface area contributed by atoms with Crippen LogP contribution in [0.3, 0.4) is 0 Å². The second-order valence-corrected chi connectivity index (χ2v) is 5.71. The first kappa shape index (κ1) is 14.3. The maximum absolute atomic E-state index is 12.3. The molecule has 1 saturated carbocycles. The van der Waals surface area contributed by atoms with E-state index in [-0.39, 0.29) is 28.7 Å². The molecule has 1 amide bonds. The third kappa shape index (κ3) is 2.74. The molecule has 0 heterocycles. The van der Waals surface area contributed by atoms with Gasteiger partial charge in [-0.3, -0.25) is 14.9 Å². The van der Waals surface area contributed by atoms with E-state index in [0.29, 0.717) is 12.1 Å². The highest BCUT2D eigenvalue weighted by molar-refractivity contribution is 6.02. The van der Waals surface area contributed by atoms with Gasteiger partial charge in [0.05, 0.1) is 10.5 Å². The second-order valence-electron chi connectivity index (χ2n) is 5.71. The monoisotopic (exact) mass is 277 g/mol. The standard InChI is InChI=1S/C14H19N3O3/c1-4-15-12-9(6-5-7-10(12)17(19)20)13(18)16-11-8-14(11,2)3/h5-7,11,15H,4,8H2,1-3H3,(H,16,18). The predicted octanol–water partition coefficient (Wildman–Crippen LogP) is 2.55. The van der Waals surface area contributed by atoms with Crippen molar-refractivity contribution in [1.82, 2.24) is 5.32 Å². The van der Waals surface area contributed by atoms with E-state index in [1.54, 1.807) is 6.07 Å². The number of rotatable bonds is 5. The van der Waals surface area contributed by atoms with E-state index in [1.807, 2.05) is 6.92 Å². The van der Waals surface area contributed by atoms with Crippen molar-refractivity contribution in [2.24, 2.45) is 5.41 Å². The Morgan fingerprint density at radius 3 is 2.65 bits per heavy atom. The smallest absolute Gasteiger partial charge is 0.293 e. The Balaban J connectivity index is 2.28.